The standard InChI is InChI=1S/C5H6N2O2/c6-5-4(8)2-1-3-7(5)9/h1-3,8H,6H2. The molecule has 4 heteroatoms. The van der Waals surface area contributed by atoms with E-state index in [-0.39, 0.29) is 11.6 Å². The van der Waals surface area contributed by atoms with Gasteiger partial charge < -0.3 is 10.3 Å². The van der Waals surface area contributed by atoms with Crippen LogP contribution in [-0.2, 0) is 0 Å². The maximum Gasteiger partial charge on any atom is 0.318 e. The van der Waals surface area contributed by atoms with E-state index in [1.54, 1.807) is 0 Å². The van der Waals surface area contributed by atoms with Gasteiger partial charge in [0.2, 0.25) is 5.75 Å². The molecule has 0 aliphatic rings. The van der Waals surface area contributed by atoms with Gasteiger partial charge in [0.15, 0.2) is 0 Å². The third-order valence-corrected chi connectivity index (χ3v) is 0.975. The van der Waals surface area contributed by atoms with E-state index in [9.17, 15) is 5.21 Å². The number of rotatable bonds is 0. The fraction of sp³-hybridized carbons (Fsp3) is 0. The summed E-state index contributed by atoms with van der Waals surface area (Å²) in [7, 11) is 0. The van der Waals surface area contributed by atoms with Crippen molar-refractivity contribution in [2.75, 3.05) is 5.73 Å². The maximum absolute atomic E-state index is 10.5. The minimum atomic E-state index is -0.187. The Hall–Kier alpha value is -1.45. The van der Waals surface area contributed by atoms with E-state index in [2.05, 4.69) is 0 Å². The highest BCUT2D eigenvalue weighted by Crippen LogP contribution is 2.11. The number of aromatic hydroxyl groups is 1. The molecule has 9 heavy (non-hydrogen) atoms. The van der Waals surface area contributed by atoms with Crippen molar-refractivity contribution in [3.05, 3.63) is 23.5 Å². The van der Waals surface area contributed by atoms with Gasteiger partial charge in [-0.05, 0) is 12.1 Å². The summed E-state index contributed by atoms with van der Waals surface area (Å²) in [5.74, 6) is -0.356. The predicted molar refractivity (Wildman–Crippen MR) is 31.5 cm³/mol. The van der Waals surface area contributed by atoms with Gasteiger partial charge in [0, 0.05) is 0 Å². The maximum atomic E-state index is 10.5. The molecule has 1 aromatic rings. The quantitative estimate of drug-likeness (QED) is 0.367. The van der Waals surface area contributed by atoms with Crippen LogP contribution >= 0.6 is 0 Å². The molecule has 1 heterocycles. The van der Waals surface area contributed by atoms with Crippen molar-refractivity contribution in [3.63, 3.8) is 0 Å². The van der Waals surface area contributed by atoms with Gasteiger partial charge in [-0.15, -0.1) is 0 Å². The van der Waals surface area contributed by atoms with Gasteiger partial charge >= 0.3 is 5.82 Å². The Kier molecular flexibility index (Phi) is 1.14. The van der Waals surface area contributed by atoms with Crippen LogP contribution in [0, 0.1) is 5.21 Å². The van der Waals surface area contributed by atoms with Gasteiger partial charge in [-0.25, -0.2) is 4.73 Å². The molecule has 0 amide bonds. The Labute approximate surface area is 51.7 Å². The summed E-state index contributed by atoms with van der Waals surface area (Å²) in [6, 6.07) is 2.77. The normalized spacial score (nSPS) is 9.33. The third kappa shape index (κ3) is 0.861. The number of aromatic nitrogens is 1. The smallest absolute Gasteiger partial charge is 0.318 e. The molecule has 0 atom stereocenters. The number of hydrogen-bond acceptors (Lipinski definition) is 3. The zero-order chi connectivity index (χ0) is 6.85. The summed E-state index contributed by atoms with van der Waals surface area (Å²) in [5, 5.41) is 19.2. The average molecular weight is 126 g/mol. The zero-order valence-electron chi connectivity index (χ0n) is 4.61. The molecule has 0 aliphatic carbocycles. The Bertz CT molecular complexity index is 204. The van der Waals surface area contributed by atoms with Crippen molar-refractivity contribution < 1.29 is 9.84 Å². The van der Waals surface area contributed by atoms with Crippen molar-refractivity contribution in [1.29, 1.82) is 0 Å². The summed E-state index contributed by atoms with van der Waals surface area (Å²) >= 11 is 0. The van der Waals surface area contributed by atoms with Crippen LogP contribution in [0.1, 0.15) is 0 Å². The SMILES string of the molecule is Nc1c(O)ccc[n+]1[O-]. The Balaban J connectivity index is 3.25. The van der Waals surface area contributed by atoms with E-state index < -0.39 is 0 Å². The van der Waals surface area contributed by atoms with Crippen molar-refractivity contribution in [2.24, 2.45) is 0 Å². The van der Waals surface area contributed by atoms with Crippen LogP contribution in [0.2, 0.25) is 0 Å². The van der Waals surface area contributed by atoms with E-state index in [1.165, 1.54) is 18.3 Å². The van der Waals surface area contributed by atoms with Crippen molar-refractivity contribution in [3.8, 4) is 5.75 Å². The minimum Gasteiger partial charge on any atom is -0.711 e. The largest absolute Gasteiger partial charge is 0.711 e. The lowest BCUT2D eigenvalue weighted by Crippen LogP contribution is -2.29. The molecule has 3 N–H and O–H groups in total. The van der Waals surface area contributed by atoms with Crippen LogP contribution in [0.4, 0.5) is 5.82 Å². The van der Waals surface area contributed by atoms with E-state index in [1.807, 2.05) is 0 Å². The van der Waals surface area contributed by atoms with Crippen LogP contribution in [0.5, 0.6) is 5.75 Å². The summed E-state index contributed by atoms with van der Waals surface area (Å²) < 4.78 is 0.398. The first kappa shape index (κ1) is 5.68. The van der Waals surface area contributed by atoms with Gasteiger partial charge in [0.05, 0.1) is 6.20 Å². The average Bonchev–Trinajstić information content (AvgIpc) is 1.83. The van der Waals surface area contributed by atoms with Gasteiger partial charge in [-0.2, -0.15) is 0 Å². The summed E-state index contributed by atoms with van der Waals surface area (Å²) in [6.45, 7) is 0. The van der Waals surface area contributed by atoms with Crippen LogP contribution in [0.25, 0.3) is 0 Å². The topological polar surface area (TPSA) is 73.2 Å². The number of nitrogens with zero attached hydrogens (tertiary/aromatic N) is 1. The molecule has 0 radical (unpaired) electrons. The first-order valence-electron chi connectivity index (χ1n) is 2.38. The molecule has 0 fully saturated rings. The Morgan fingerprint density at radius 1 is 1.67 bits per heavy atom. The molecule has 48 valence electrons. The van der Waals surface area contributed by atoms with E-state index in [0.29, 0.717) is 4.73 Å². The molecule has 4 nitrogen and oxygen atoms in total. The summed E-state index contributed by atoms with van der Waals surface area (Å²) in [4.78, 5) is 0. The van der Waals surface area contributed by atoms with Crippen molar-refractivity contribution >= 4 is 5.82 Å². The minimum absolute atomic E-state index is 0.169. The van der Waals surface area contributed by atoms with Gasteiger partial charge in [-0.1, -0.05) is 0 Å². The first-order chi connectivity index (χ1) is 4.22. The highest BCUT2D eigenvalue weighted by molar-refractivity contribution is 5.38. The highest BCUT2D eigenvalue weighted by Gasteiger charge is 2.00. The Morgan fingerprint density at radius 2 is 2.33 bits per heavy atom. The van der Waals surface area contributed by atoms with E-state index in [0.717, 1.165) is 0 Å². The zero-order valence-corrected chi connectivity index (χ0v) is 4.61. The fourth-order valence-corrected chi connectivity index (χ4v) is 0.491. The van der Waals surface area contributed by atoms with Crippen molar-refractivity contribution in [1.82, 2.24) is 0 Å². The molecule has 0 aliphatic heterocycles. The molecular weight excluding hydrogens is 120 g/mol. The van der Waals surface area contributed by atoms with E-state index >= 15 is 0 Å². The number of pyridine rings is 1. The first-order valence-corrected chi connectivity index (χ1v) is 2.38. The second-order valence-electron chi connectivity index (χ2n) is 1.60. The lowest BCUT2D eigenvalue weighted by Gasteiger charge is -2.02. The van der Waals surface area contributed by atoms with Crippen LogP contribution in [-0.4, -0.2) is 5.11 Å². The lowest BCUT2D eigenvalue weighted by atomic mass is 10.4. The predicted octanol–water partition coefficient (Wildman–Crippen LogP) is -0.392. The monoisotopic (exact) mass is 126 g/mol. The fourth-order valence-electron chi connectivity index (χ4n) is 0.491. The molecule has 0 saturated heterocycles. The second kappa shape index (κ2) is 1.81. The molecule has 0 saturated carbocycles. The van der Waals surface area contributed by atoms with Crippen molar-refractivity contribution in [2.45, 2.75) is 0 Å². The summed E-state index contributed by atoms with van der Waals surface area (Å²) in [5.41, 5.74) is 5.08. The number of nitrogens with two attached hydrogens (primary N) is 1. The molecule has 0 unspecified atom stereocenters. The van der Waals surface area contributed by atoms with Gasteiger partial charge in [-0.3, -0.25) is 5.73 Å². The lowest BCUT2D eigenvalue weighted by molar-refractivity contribution is -0.590. The van der Waals surface area contributed by atoms with Gasteiger partial charge in [0.1, 0.15) is 0 Å². The van der Waals surface area contributed by atoms with Crippen LogP contribution in [0.3, 0.4) is 0 Å². The molecule has 1 rings (SSSR count). The number of nitrogen functional groups attached to an aromatic ring is 1. The third-order valence-electron chi connectivity index (χ3n) is 0.975. The van der Waals surface area contributed by atoms with Gasteiger partial charge in [0.25, 0.3) is 0 Å². The van der Waals surface area contributed by atoms with E-state index in [4.69, 9.17) is 10.8 Å². The number of anilines is 1. The number of hydrogen-bond donors (Lipinski definition) is 2. The molecule has 0 bridgehead atoms. The molecular formula is C5H6N2O2. The molecule has 0 spiro atoms. The Morgan fingerprint density at radius 3 is 2.78 bits per heavy atom. The second-order valence-corrected chi connectivity index (χ2v) is 1.60. The molecule has 1 aromatic heterocycles. The van der Waals surface area contributed by atoms with Crippen LogP contribution in [0.15, 0.2) is 18.3 Å². The van der Waals surface area contributed by atoms with Crippen LogP contribution < -0.4 is 10.5 Å². The summed E-state index contributed by atoms with van der Waals surface area (Å²) in [6.07, 6.45) is 1.22. The molecule has 0 aromatic carbocycles. The highest BCUT2D eigenvalue weighted by atomic mass is 16.5.